The lowest BCUT2D eigenvalue weighted by atomic mass is 9.99. The van der Waals surface area contributed by atoms with Crippen LogP contribution in [0.2, 0.25) is 0 Å². The summed E-state index contributed by atoms with van der Waals surface area (Å²) in [5.41, 5.74) is 5.27. The number of rotatable bonds is 7. The molecule has 0 N–H and O–H groups in total. The van der Waals surface area contributed by atoms with E-state index in [4.69, 9.17) is 9.47 Å². The van der Waals surface area contributed by atoms with Gasteiger partial charge in [0.05, 0.1) is 26.3 Å². The number of hydrogen-bond donors (Lipinski definition) is 0. The highest BCUT2D eigenvalue weighted by atomic mass is 16.5. The predicted octanol–water partition coefficient (Wildman–Crippen LogP) is 4.74. The Labute approximate surface area is 200 Å². The molecule has 0 fully saturated rings. The molecule has 1 aliphatic rings. The van der Waals surface area contributed by atoms with E-state index in [1.165, 1.54) is 4.90 Å². The fourth-order valence-corrected chi connectivity index (χ4v) is 4.12. The third-order valence-electron chi connectivity index (χ3n) is 6.21. The lowest BCUT2D eigenvalue weighted by Crippen LogP contribution is -2.33. The van der Waals surface area contributed by atoms with Crippen molar-refractivity contribution in [1.29, 1.82) is 0 Å². The Kier molecular flexibility index (Phi) is 6.41. The lowest BCUT2D eigenvalue weighted by Gasteiger charge is -2.22. The Morgan fingerprint density at radius 3 is 2.15 bits per heavy atom. The Morgan fingerprint density at radius 1 is 0.794 bits per heavy atom. The topological polar surface area (TPSA) is 59.1 Å². The van der Waals surface area contributed by atoms with E-state index in [2.05, 4.69) is 0 Å². The van der Waals surface area contributed by atoms with Crippen LogP contribution in [0.1, 0.15) is 22.3 Å². The number of hydrogen-bond acceptors (Lipinski definition) is 5. The Morgan fingerprint density at radius 2 is 1.50 bits per heavy atom. The van der Waals surface area contributed by atoms with E-state index < -0.39 is 0 Å². The van der Waals surface area contributed by atoms with Gasteiger partial charge in [0, 0.05) is 12.7 Å². The van der Waals surface area contributed by atoms with Crippen molar-refractivity contribution in [3.05, 3.63) is 94.7 Å². The Balaban J connectivity index is 1.78. The molecule has 0 radical (unpaired) electrons. The van der Waals surface area contributed by atoms with Crippen LogP contribution in [0.3, 0.4) is 0 Å². The fourth-order valence-electron chi connectivity index (χ4n) is 4.12. The van der Waals surface area contributed by atoms with Crippen molar-refractivity contribution in [3.8, 4) is 11.5 Å². The highest BCUT2D eigenvalue weighted by Gasteiger charge is 2.41. The molecule has 0 aromatic heterocycles. The van der Waals surface area contributed by atoms with Crippen LogP contribution in [0, 0.1) is 13.8 Å². The summed E-state index contributed by atoms with van der Waals surface area (Å²) in [4.78, 5) is 30.5. The van der Waals surface area contributed by atoms with E-state index >= 15 is 0 Å². The number of para-hydroxylation sites is 1. The van der Waals surface area contributed by atoms with Gasteiger partial charge >= 0.3 is 0 Å². The van der Waals surface area contributed by atoms with Crippen LogP contribution in [0.4, 0.5) is 5.69 Å². The summed E-state index contributed by atoms with van der Waals surface area (Å²) in [5, 5.41) is 0. The maximum absolute atomic E-state index is 13.7. The number of aryl methyl sites for hydroxylation is 2. The molecule has 0 aliphatic carbocycles. The summed E-state index contributed by atoms with van der Waals surface area (Å²) >= 11 is 0. The molecule has 1 heterocycles. The number of likely N-dealkylation sites (N-methyl/N-ethyl adjacent to an activating group) is 1. The van der Waals surface area contributed by atoms with E-state index in [1.807, 2.05) is 75.5 Å². The van der Waals surface area contributed by atoms with Gasteiger partial charge in [-0.25, -0.2) is 0 Å². The molecular weight excluding hydrogens is 428 g/mol. The molecule has 0 spiro atoms. The van der Waals surface area contributed by atoms with Crippen molar-refractivity contribution in [2.24, 2.45) is 0 Å². The summed E-state index contributed by atoms with van der Waals surface area (Å²) in [6.07, 6.45) is 0. The van der Waals surface area contributed by atoms with Gasteiger partial charge < -0.3 is 14.4 Å². The summed E-state index contributed by atoms with van der Waals surface area (Å²) in [5.74, 6) is 0.479. The fraction of sp³-hybridized carbons (Fsp3) is 0.214. The molecule has 0 saturated carbocycles. The molecule has 0 saturated heterocycles. The maximum atomic E-state index is 13.7. The largest absolute Gasteiger partial charge is 0.493 e. The summed E-state index contributed by atoms with van der Waals surface area (Å²) in [6.45, 7) is 4.15. The zero-order chi connectivity index (χ0) is 24.4. The van der Waals surface area contributed by atoms with Crippen LogP contribution in [0.5, 0.6) is 11.5 Å². The summed E-state index contributed by atoms with van der Waals surface area (Å²) < 4.78 is 10.7. The maximum Gasteiger partial charge on any atom is 0.278 e. The lowest BCUT2D eigenvalue weighted by molar-refractivity contribution is -0.137. The first-order valence-electron chi connectivity index (χ1n) is 11.0. The number of nitrogens with zero attached hydrogens (tertiary/aromatic N) is 2. The normalized spacial score (nSPS) is 13.5. The minimum atomic E-state index is -0.334. The number of ether oxygens (including phenoxy) is 2. The van der Waals surface area contributed by atoms with Crippen molar-refractivity contribution in [3.63, 3.8) is 0 Å². The van der Waals surface area contributed by atoms with Crippen molar-refractivity contribution < 1.29 is 19.1 Å². The first-order valence-corrected chi connectivity index (χ1v) is 11.0. The minimum absolute atomic E-state index is 0.124. The standard InChI is InChI=1S/C28H28N2O4/c1-18-11-13-21(15-19(18)2)25-26(29(3)22-9-7-6-8-10-22)28(32)30(27(25)31)17-20-12-14-23(33-4)24(16-20)34-5/h6-16H,17H2,1-5H3. The van der Waals surface area contributed by atoms with Gasteiger partial charge in [-0.05, 0) is 60.4 Å². The quantitative estimate of drug-likeness (QED) is 0.481. The van der Waals surface area contributed by atoms with Gasteiger partial charge in [0.15, 0.2) is 11.5 Å². The number of benzene rings is 3. The third-order valence-corrected chi connectivity index (χ3v) is 6.21. The molecule has 2 amide bonds. The van der Waals surface area contributed by atoms with Gasteiger partial charge in [-0.3, -0.25) is 14.5 Å². The first kappa shape index (κ1) is 23.1. The zero-order valence-corrected chi connectivity index (χ0v) is 20.1. The van der Waals surface area contributed by atoms with Crippen LogP contribution in [-0.4, -0.2) is 38.0 Å². The second-order valence-corrected chi connectivity index (χ2v) is 8.30. The molecule has 0 unspecified atom stereocenters. The van der Waals surface area contributed by atoms with Crippen molar-refractivity contribution in [1.82, 2.24) is 4.90 Å². The van der Waals surface area contributed by atoms with Crippen LogP contribution < -0.4 is 14.4 Å². The van der Waals surface area contributed by atoms with E-state index in [1.54, 1.807) is 31.3 Å². The van der Waals surface area contributed by atoms with Crippen molar-refractivity contribution in [2.45, 2.75) is 20.4 Å². The van der Waals surface area contributed by atoms with E-state index in [-0.39, 0.29) is 18.4 Å². The first-order chi connectivity index (χ1) is 16.3. The average Bonchev–Trinajstić information content (AvgIpc) is 3.10. The SMILES string of the molecule is COc1ccc(CN2C(=O)C(c3ccc(C)c(C)c3)=C(N(C)c3ccccc3)C2=O)cc1OC. The number of amides is 2. The van der Waals surface area contributed by atoms with Gasteiger partial charge in [-0.2, -0.15) is 0 Å². The number of imide groups is 1. The average molecular weight is 457 g/mol. The molecule has 1 aliphatic heterocycles. The number of methoxy groups -OCH3 is 2. The zero-order valence-electron chi connectivity index (χ0n) is 20.1. The molecule has 6 heteroatoms. The molecule has 4 rings (SSSR count). The second-order valence-electron chi connectivity index (χ2n) is 8.30. The number of carbonyl (C=O) groups is 2. The highest BCUT2D eigenvalue weighted by Crippen LogP contribution is 2.36. The Hall–Kier alpha value is -4.06. The van der Waals surface area contributed by atoms with E-state index in [9.17, 15) is 9.59 Å². The van der Waals surface area contributed by atoms with Crippen molar-refractivity contribution >= 4 is 23.1 Å². The van der Waals surface area contributed by atoms with Gasteiger partial charge in [0.2, 0.25) is 0 Å². The van der Waals surface area contributed by atoms with Crippen LogP contribution in [-0.2, 0) is 16.1 Å². The van der Waals surface area contributed by atoms with Crippen LogP contribution in [0.25, 0.3) is 5.57 Å². The minimum Gasteiger partial charge on any atom is -0.493 e. The highest BCUT2D eigenvalue weighted by molar-refractivity contribution is 6.36. The summed E-state index contributed by atoms with van der Waals surface area (Å²) in [7, 11) is 4.94. The number of anilines is 1. The van der Waals surface area contributed by atoms with Gasteiger partial charge in [0.1, 0.15) is 5.70 Å². The molecule has 0 atom stereocenters. The van der Waals surface area contributed by atoms with E-state index in [0.29, 0.717) is 22.8 Å². The molecule has 34 heavy (non-hydrogen) atoms. The molecule has 6 nitrogen and oxygen atoms in total. The van der Waals surface area contributed by atoms with Gasteiger partial charge in [-0.1, -0.05) is 42.5 Å². The molecular formula is C28H28N2O4. The molecule has 174 valence electrons. The third kappa shape index (κ3) is 4.15. The molecule has 0 bridgehead atoms. The predicted molar refractivity (Wildman–Crippen MR) is 133 cm³/mol. The molecule has 3 aromatic rings. The smallest absolute Gasteiger partial charge is 0.278 e. The van der Waals surface area contributed by atoms with Crippen LogP contribution in [0.15, 0.2) is 72.4 Å². The van der Waals surface area contributed by atoms with Crippen LogP contribution >= 0.6 is 0 Å². The summed E-state index contributed by atoms with van der Waals surface area (Å²) in [6, 6.07) is 20.8. The Bertz CT molecular complexity index is 1280. The second kappa shape index (κ2) is 9.43. The number of carbonyl (C=O) groups excluding carboxylic acids is 2. The van der Waals surface area contributed by atoms with E-state index in [0.717, 1.165) is 27.9 Å². The van der Waals surface area contributed by atoms with Gasteiger partial charge in [0.25, 0.3) is 11.8 Å². The van der Waals surface area contributed by atoms with Gasteiger partial charge in [-0.15, -0.1) is 0 Å². The molecule has 3 aromatic carbocycles. The monoisotopic (exact) mass is 456 g/mol. The van der Waals surface area contributed by atoms with Crippen molar-refractivity contribution in [2.75, 3.05) is 26.2 Å².